The molecule has 6 rings (SSSR count). The fraction of sp³-hybridized carbons (Fsp3) is 0.231. The van der Waals surface area contributed by atoms with Gasteiger partial charge in [-0.05, 0) is 22.8 Å². The van der Waals surface area contributed by atoms with Crippen LogP contribution in [0.4, 0.5) is 5.69 Å². The topological polar surface area (TPSA) is 60.2 Å². The summed E-state index contributed by atoms with van der Waals surface area (Å²) < 4.78 is 0. The fourth-order valence-corrected chi connectivity index (χ4v) is 6.95. The molecule has 7 heteroatoms. The molecular weight excluding hydrogens is 448 g/mol. The minimum atomic E-state index is -1.01. The number of thioether (sulfide) groups is 2. The van der Waals surface area contributed by atoms with Crippen molar-refractivity contribution in [2.45, 2.75) is 24.4 Å². The smallest absolute Gasteiger partial charge is 0.162 e. The highest BCUT2D eigenvalue weighted by Gasteiger charge is 2.53. The molecule has 5 nitrogen and oxygen atoms in total. The molecule has 0 aromatic heterocycles. The molecule has 0 amide bonds. The standard InChI is InChI=1S/C26H24N4OS2/c31-26(16-32-24-27-15-20-13-7-8-14-21(20)28-24)17-33-25-29-22(18-9-3-1-4-10-18)23(30(25)26)19-11-5-2-6-12-19/h1-14,22-23,31H,15-17H2,(H,27,28)/t22-,23-,26?/m0/s1. The number of benzene rings is 3. The third-order valence-corrected chi connectivity index (χ3v) is 8.56. The van der Waals surface area contributed by atoms with E-state index in [9.17, 15) is 5.11 Å². The molecule has 3 aliphatic heterocycles. The third kappa shape index (κ3) is 3.84. The highest BCUT2D eigenvalue weighted by atomic mass is 32.2. The minimum absolute atomic E-state index is 0.0498. The van der Waals surface area contributed by atoms with E-state index in [0.717, 1.165) is 28.1 Å². The molecular formula is C26H24N4OS2. The van der Waals surface area contributed by atoms with E-state index in [1.807, 2.05) is 30.3 Å². The third-order valence-electron chi connectivity index (χ3n) is 6.28. The summed E-state index contributed by atoms with van der Waals surface area (Å²) in [5.74, 6) is 1.10. The quantitative estimate of drug-likeness (QED) is 0.553. The Balaban J connectivity index is 1.30. The van der Waals surface area contributed by atoms with Gasteiger partial charge in [-0.25, -0.2) is 4.99 Å². The molecule has 1 saturated heterocycles. The molecule has 1 fully saturated rings. The van der Waals surface area contributed by atoms with Gasteiger partial charge in [0.1, 0.15) is 6.04 Å². The van der Waals surface area contributed by atoms with Gasteiger partial charge in [0.2, 0.25) is 0 Å². The Bertz CT molecular complexity index is 1220. The van der Waals surface area contributed by atoms with Gasteiger partial charge in [0.05, 0.1) is 11.7 Å². The van der Waals surface area contributed by atoms with E-state index in [-0.39, 0.29) is 12.1 Å². The highest BCUT2D eigenvalue weighted by molar-refractivity contribution is 8.15. The summed E-state index contributed by atoms with van der Waals surface area (Å²) in [6.45, 7) is 0.758. The summed E-state index contributed by atoms with van der Waals surface area (Å²) in [5, 5.41) is 17.1. The van der Waals surface area contributed by atoms with Gasteiger partial charge in [0.25, 0.3) is 0 Å². The van der Waals surface area contributed by atoms with Crippen molar-refractivity contribution in [3.05, 3.63) is 102 Å². The Labute approximate surface area is 202 Å². The van der Waals surface area contributed by atoms with Gasteiger partial charge in [-0.15, -0.1) is 0 Å². The van der Waals surface area contributed by atoms with Crippen LogP contribution in [-0.4, -0.2) is 37.6 Å². The summed E-state index contributed by atoms with van der Waals surface area (Å²) in [4.78, 5) is 12.0. The van der Waals surface area contributed by atoms with E-state index in [2.05, 4.69) is 64.8 Å². The maximum absolute atomic E-state index is 11.9. The van der Waals surface area contributed by atoms with Crippen molar-refractivity contribution in [3.8, 4) is 0 Å². The molecule has 1 unspecified atom stereocenters. The number of hydrogen-bond donors (Lipinski definition) is 2. The first-order chi connectivity index (χ1) is 16.2. The molecule has 2 N–H and O–H groups in total. The van der Waals surface area contributed by atoms with Gasteiger partial charge in [-0.2, -0.15) is 0 Å². The maximum atomic E-state index is 11.9. The lowest BCUT2D eigenvalue weighted by molar-refractivity contribution is -0.0394. The number of para-hydroxylation sites is 1. The first kappa shape index (κ1) is 20.8. The number of aliphatic imine (C=N–C) groups is 2. The monoisotopic (exact) mass is 472 g/mol. The molecule has 3 heterocycles. The summed E-state index contributed by atoms with van der Waals surface area (Å²) in [6.07, 6.45) is 0. The largest absolute Gasteiger partial charge is 0.369 e. The van der Waals surface area contributed by atoms with Crippen molar-refractivity contribution < 1.29 is 5.11 Å². The Morgan fingerprint density at radius 3 is 2.45 bits per heavy atom. The van der Waals surface area contributed by atoms with Gasteiger partial charge < -0.3 is 15.3 Å². The Hall–Kier alpha value is -2.74. The van der Waals surface area contributed by atoms with Crippen LogP contribution in [0.1, 0.15) is 28.8 Å². The zero-order valence-corrected chi connectivity index (χ0v) is 19.6. The van der Waals surface area contributed by atoms with E-state index in [1.165, 1.54) is 11.1 Å². The summed E-state index contributed by atoms with van der Waals surface area (Å²) >= 11 is 3.22. The minimum Gasteiger partial charge on any atom is -0.369 e. The van der Waals surface area contributed by atoms with Crippen LogP contribution in [0.3, 0.4) is 0 Å². The van der Waals surface area contributed by atoms with Crippen molar-refractivity contribution in [1.29, 1.82) is 0 Å². The molecule has 0 spiro atoms. The van der Waals surface area contributed by atoms with Crippen LogP contribution in [0.2, 0.25) is 0 Å². The molecule has 3 aliphatic rings. The van der Waals surface area contributed by atoms with Crippen LogP contribution >= 0.6 is 23.5 Å². The van der Waals surface area contributed by atoms with Crippen molar-refractivity contribution in [1.82, 2.24) is 10.2 Å². The Morgan fingerprint density at radius 2 is 1.67 bits per heavy atom. The van der Waals surface area contributed by atoms with Crippen LogP contribution in [0, 0.1) is 0 Å². The zero-order valence-electron chi connectivity index (χ0n) is 18.0. The highest BCUT2D eigenvalue weighted by Crippen LogP contribution is 2.51. The molecule has 33 heavy (non-hydrogen) atoms. The van der Waals surface area contributed by atoms with E-state index < -0.39 is 5.72 Å². The second kappa shape index (κ2) is 8.56. The normalized spacial score (nSPS) is 25.7. The SMILES string of the molecule is OC1(CSC2=Nc3ccccc3CN2)CSC2=N[C@@H](c3ccccc3)[C@H](c3ccccc3)N21. The number of aliphatic hydroxyl groups is 1. The van der Waals surface area contributed by atoms with E-state index in [1.54, 1.807) is 23.5 Å². The predicted molar refractivity (Wildman–Crippen MR) is 138 cm³/mol. The van der Waals surface area contributed by atoms with Crippen LogP contribution in [0.25, 0.3) is 0 Å². The van der Waals surface area contributed by atoms with Crippen molar-refractivity contribution in [2.24, 2.45) is 9.98 Å². The Morgan fingerprint density at radius 1 is 0.970 bits per heavy atom. The summed E-state index contributed by atoms with van der Waals surface area (Å²) in [5.41, 5.74) is 3.51. The van der Waals surface area contributed by atoms with Gasteiger partial charge >= 0.3 is 0 Å². The lowest BCUT2D eigenvalue weighted by Crippen LogP contribution is -2.50. The summed E-state index contributed by atoms with van der Waals surface area (Å²) in [7, 11) is 0. The molecule has 0 aliphatic carbocycles. The number of nitrogens with one attached hydrogen (secondary N) is 1. The van der Waals surface area contributed by atoms with E-state index in [4.69, 9.17) is 9.98 Å². The molecule has 166 valence electrons. The van der Waals surface area contributed by atoms with Crippen LogP contribution in [0.5, 0.6) is 0 Å². The second-order valence-corrected chi connectivity index (χ2v) is 10.4. The number of amidine groups is 2. The predicted octanol–water partition coefficient (Wildman–Crippen LogP) is 5.10. The Kier molecular flexibility index (Phi) is 5.40. The van der Waals surface area contributed by atoms with Gasteiger partial charge in [0, 0.05) is 18.1 Å². The molecule has 0 bridgehead atoms. The van der Waals surface area contributed by atoms with Crippen molar-refractivity contribution >= 4 is 39.5 Å². The number of hydrogen-bond acceptors (Lipinski definition) is 7. The zero-order chi connectivity index (χ0) is 22.3. The van der Waals surface area contributed by atoms with Gasteiger partial charge in [-0.1, -0.05) is 102 Å². The molecule has 3 aromatic rings. The second-order valence-electron chi connectivity index (χ2n) is 8.45. The lowest BCUT2D eigenvalue weighted by atomic mass is 9.93. The van der Waals surface area contributed by atoms with Crippen molar-refractivity contribution in [3.63, 3.8) is 0 Å². The average molecular weight is 473 g/mol. The summed E-state index contributed by atoms with van der Waals surface area (Å²) in [6, 6.07) is 28.9. The van der Waals surface area contributed by atoms with Crippen LogP contribution < -0.4 is 5.32 Å². The molecule has 0 radical (unpaired) electrons. The molecule has 3 aromatic carbocycles. The van der Waals surface area contributed by atoms with E-state index >= 15 is 0 Å². The van der Waals surface area contributed by atoms with Crippen molar-refractivity contribution in [2.75, 3.05) is 11.5 Å². The van der Waals surface area contributed by atoms with Gasteiger partial charge in [0.15, 0.2) is 16.1 Å². The first-order valence-electron chi connectivity index (χ1n) is 11.1. The van der Waals surface area contributed by atoms with E-state index in [0.29, 0.717) is 11.5 Å². The molecule has 0 saturated carbocycles. The average Bonchev–Trinajstić information content (AvgIpc) is 3.42. The first-order valence-corrected chi connectivity index (χ1v) is 13.0. The number of nitrogens with zero attached hydrogens (tertiary/aromatic N) is 3. The van der Waals surface area contributed by atoms with Gasteiger partial charge in [-0.3, -0.25) is 4.99 Å². The maximum Gasteiger partial charge on any atom is 0.162 e. The van der Waals surface area contributed by atoms with Crippen LogP contribution in [-0.2, 0) is 6.54 Å². The number of fused-ring (bicyclic) bond motifs is 2. The molecule has 3 atom stereocenters. The van der Waals surface area contributed by atoms with Crippen LogP contribution in [0.15, 0.2) is 94.9 Å². The number of rotatable bonds is 4. The fourth-order valence-electron chi connectivity index (χ4n) is 4.66. The lowest BCUT2D eigenvalue weighted by Gasteiger charge is -2.38.